The zero-order valence-corrected chi connectivity index (χ0v) is 15.1. The highest BCUT2D eigenvalue weighted by Gasteiger charge is 2.12. The molecule has 1 N–H and O–H groups in total. The lowest BCUT2D eigenvalue weighted by Crippen LogP contribution is -2.30. The quantitative estimate of drug-likeness (QED) is 0.719. The fraction of sp³-hybridized carbons (Fsp3) is 0.222. The normalized spacial score (nSPS) is 11.2. The van der Waals surface area contributed by atoms with Crippen LogP contribution >= 0.6 is 15.9 Å². The summed E-state index contributed by atoms with van der Waals surface area (Å²) in [5.74, 6) is 0.533. The standard InChI is InChI=1S/C18H18BrN3O2/c1-12-9-13(19)7-8-14(12)20-17(23)10-22(2)11-18-21-15-5-3-4-6-16(15)24-18/h3-9H,10-11H2,1-2H3,(H,20,23). The number of rotatable bonds is 5. The number of carbonyl (C=O) groups excluding carboxylic acids is 1. The molecule has 0 bridgehead atoms. The van der Waals surface area contributed by atoms with Gasteiger partial charge in [-0.15, -0.1) is 0 Å². The van der Waals surface area contributed by atoms with E-state index in [2.05, 4.69) is 26.2 Å². The minimum absolute atomic E-state index is 0.0703. The van der Waals surface area contributed by atoms with Crippen molar-refractivity contribution in [2.45, 2.75) is 13.5 Å². The van der Waals surface area contributed by atoms with Crippen molar-refractivity contribution in [3.8, 4) is 0 Å². The summed E-state index contributed by atoms with van der Waals surface area (Å²) >= 11 is 3.42. The van der Waals surface area contributed by atoms with Crippen molar-refractivity contribution in [2.24, 2.45) is 0 Å². The Morgan fingerprint density at radius 2 is 2.08 bits per heavy atom. The molecule has 0 saturated heterocycles. The van der Waals surface area contributed by atoms with Gasteiger partial charge in [0.25, 0.3) is 0 Å². The molecular weight excluding hydrogens is 370 g/mol. The number of nitrogens with one attached hydrogen (secondary N) is 1. The number of benzene rings is 2. The van der Waals surface area contributed by atoms with Gasteiger partial charge in [0, 0.05) is 10.2 Å². The first-order valence-electron chi connectivity index (χ1n) is 7.60. The van der Waals surface area contributed by atoms with Crippen molar-refractivity contribution in [2.75, 3.05) is 18.9 Å². The lowest BCUT2D eigenvalue weighted by molar-refractivity contribution is -0.117. The maximum Gasteiger partial charge on any atom is 0.238 e. The molecule has 0 spiro atoms. The minimum atomic E-state index is -0.0703. The van der Waals surface area contributed by atoms with E-state index in [1.54, 1.807) is 0 Å². The molecule has 0 saturated carbocycles. The number of aryl methyl sites for hydroxylation is 1. The van der Waals surface area contributed by atoms with E-state index in [0.717, 1.165) is 26.8 Å². The smallest absolute Gasteiger partial charge is 0.238 e. The number of oxazole rings is 1. The Hall–Kier alpha value is -2.18. The average Bonchev–Trinajstić information content (AvgIpc) is 2.91. The molecule has 0 fully saturated rings. The molecule has 3 rings (SSSR count). The Morgan fingerprint density at radius 1 is 1.29 bits per heavy atom. The van der Waals surface area contributed by atoms with Crippen molar-refractivity contribution < 1.29 is 9.21 Å². The highest BCUT2D eigenvalue weighted by molar-refractivity contribution is 9.10. The molecule has 0 unspecified atom stereocenters. The topological polar surface area (TPSA) is 58.4 Å². The minimum Gasteiger partial charge on any atom is -0.439 e. The van der Waals surface area contributed by atoms with Crippen LogP contribution in [0.3, 0.4) is 0 Å². The lowest BCUT2D eigenvalue weighted by atomic mass is 10.2. The Labute approximate surface area is 148 Å². The third kappa shape index (κ3) is 4.01. The van der Waals surface area contributed by atoms with Crippen LogP contribution in [0.4, 0.5) is 5.69 Å². The molecule has 6 heteroatoms. The summed E-state index contributed by atoms with van der Waals surface area (Å²) in [5.41, 5.74) is 3.42. The number of fused-ring (bicyclic) bond motifs is 1. The number of hydrogen-bond donors (Lipinski definition) is 1. The molecule has 2 aromatic carbocycles. The molecule has 1 aromatic heterocycles. The molecule has 124 valence electrons. The summed E-state index contributed by atoms with van der Waals surface area (Å²) in [5, 5.41) is 2.93. The first-order chi connectivity index (χ1) is 11.5. The van der Waals surface area contributed by atoms with Gasteiger partial charge in [0.1, 0.15) is 5.52 Å². The number of amides is 1. The third-order valence-corrected chi connectivity index (χ3v) is 4.11. The van der Waals surface area contributed by atoms with Crippen LogP contribution in [-0.4, -0.2) is 29.4 Å². The lowest BCUT2D eigenvalue weighted by Gasteiger charge is -2.15. The van der Waals surface area contributed by atoms with Crippen LogP contribution < -0.4 is 5.32 Å². The fourth-order valence-electron chi connectivity index (χ4n) is 2.48. The Bertz CT molecular complexity index is 843. The zero-order chi connectivity index (χ0) is 17.1. The molecule has 3 aromatic rings. The second-order valence-electron chi connectivity index (χ2n) is 5.76. The summed E-state index contributed by atoms with van der Waals surface area (Å²) in [6, 6.07) is 13.4. The van der Waals surface area contributed by atoms with E-state index in [1.165, 1.54) is 0 Å². The second kappa shape index (κ2) is 7.15. The third-order valence-electron chi connectivity index (χ3n) is 3.62. The average molecular weight is 388 g/mol. The molecule has 0 atom stereocenters. The molecule has 0 aliphatic carbocycles. The van der Waals surface area contributed by atoms with Crippen LogP contribution in [-0.2, 0) is 11.3 Å². The molecule has 0 aliphatic rings. The fourth-order valence-corrected chi connectivity index (χ4v) is 2.95. The Balaban J connectivity index is 1.59. The van der Waals surface area contributed by atoms with E-state index < -0.39 is 0 Å². The predicted octanol–water partition coefficient (Wildman–Crippen LogP) is 3.97. The van der Waals surface area contributed by atoms with Crippen molar-refractivity contribution in [3.05, 3.63) is 58.4 Å². The molecular formula is C18H18BrN3O2. The molecule has 1 heterocycles. The van der Waals surface area contributed by atoms with Gasteiger partial charge >= 0.3 is 0 Å². The van der Waals surface area contributed by atoms with E-state index >= 15 is 0 Å². The number of nitrogens with zero attached hydrogens (tertiary/aromatic N) is 2. The van der Waals surface area contributed by atoms with Gasteiger partial charge < -0.3 is 9.73 Å². The molecule has 24 heavy (non-hydrogen) atoms. The highest BCUT2D eigenvalue weighted by atomic mass is 79.9. The number of aromatic nitrogens is 1. The van der Waals surface area contributed by atoms with Gasteiger partial charge in [-0.3, -0.25) is 9.69 Å². The van der Waals surface area contributed by atoms with Gasteiger partial charge in [-0.2, -0.15) is 0 Å². The van der Waals surface area contributed by atoms with Crippen molar-refractivity contribution in [1.29, 1.82) is 0 Å². The van der Waals surface area contributed by atoms with Gasteiger partial charge in [0.15, 0.2) is 5.58 Å². The van der Waals surface area contributed by atoms with Crippen LogP contribution in [0.15, 0.2) is 51.4 Å². The summed E-state index contributed by atoms with van der Waals surface area (Å²) < 4.78 is 6.67. The van der Waals surface area contributed by atoms with Crippen molar-refractivity contribution >= 4 is 38.6 Å². The number of likely N-dealkylation sites (N-methyl/N-ethyl adjacent to an activating group) is 1. The second-order valence-corrected chi connectivity index (χ2v) is 6.67. The Morgan fingerprint density at radius 3 is 2.83 bits per heavy atom. The summed E-state index contributed by atoms with van der Waals surface area (Å²) in [4.78, 5) is 18.5. The first kappa shape index (κ1) is 16.7. The van der Waals surface area contributed by atoms with Crippen molar-refractivity contribution in [3.63, 3.8) is 0 Å². The van der Waals surface area contributed by atoms with E-state index in [1.807, 2.05) is 61.3 Å². The molecule has 0 radical (unpaired) electrons. The predicted molar refractivity (Wildman–Crippen MR) is 97.9 cm³/mol. The number of hydrogen-bond acceptors (Lipinski definition) is 4. The molecule has 5 nitrogen and oxygen atoms in total. The van der Waals surface area contributed by atoms with Gasteiger partial charge in [0.2, 0.25) is 11.8 Å². The maximum atomic E-state index is 12.2. The SMILES string of the molecule is Cc1cc(Br)ccc1NC(=O)CN(C)Cc1nc2ccccc2o1. The van der Waals surface area contributed by atoms with Crippen LogP contribution in [0.25, 0.3) is 11.1 Å². The summed E-state index contributed by atoms with van der Waals surface area (Å²) in [6.07, 6.45) is 0. The monoisotopic (exact) mass is 387 g/mol. The van der Waals surface area contributed by atoms with Crippen LogP contribution in [0.1, 0.15) is 11.5 Å². The van der Waals surface area contributed by atoms with Crippen LogP contribution in [0.5, 0.6) is 0 Å². The van der Waals surface area contributed by atoms with Gasteiger partial charge in [-0.1, -0.05) is 28.1 Å². The van der Waals surface area contributed by atoms with E-state index in [4.69, 9.17) is 4.42 Å². The largest absolute Gasteiger partial charge is 0.439 e. The zero-order valence-electron chi connectivity index (χ0n) is 13.5. The maximum absolute atomic E-state index is 12.2. The first-order valence-corrected chi connectivity index (χ1v) is 8.39. The van der Waals surface area contributed by atoms with Crippen LogP contribution in [0, 0.1) is 6.92 Å². The summed E-state index contributed by atoms with van der Waals surface area (Å²) in [6.45, 7) is 2.69. The number of halogens is 1. The number of carbonyl (C=O) groups is 1. The number of anilines is 1. The summed E-state index contributed by atoms with van der Waals surface area (Å²) in [7, 11) is 1.86. The molecule has 0 aliphatic heterocycles. The number of para-hydroxylation sites is 2. The highest BCUT2D eigenvalue weighted by Crippen LogP contribution is 2.20. The van der Waals surface area contributed by atoms with Crippen LogP contribution in [0.2, 0.25) is 0 Å². The van der Waals surface area contributed by atoms with Gasteiger partial charge in [-0.25, -0.2) is 4.98 Å². The van der Waals surface area contributed by atoms with Crippen molar-refractivity contribution in [1.82, 2.24) is 9.88 Å². The molecule has 1 amide bonds. The van der Waals surface area contributed by atoms with E-state index in [0.29, 0.717) is 12.4 Å². The van der Waals surface area contributed by atoms with Gasteiger partial charge in [0.05, 0.1) is 13.1 Å². The Kier molecular flexibility index (Phi) is 4.97. The van der Waals surface area contributed by atoms with Gasteiger partial charge in [-0.05, 0) is 49.9 Å². The van der Waals surface area contributed by atoms with E-state index in [-0.39, 0.29) is 12.5 Å². The van der Waals surface area contributed by atoms with E-state index in [9.17, 15) is 4.79 Å².